The molecule has 1 aromatic carbocycles. The Morgan fingerprint density at radius 2 is 1.95 bits per heavy atom. The number of rotatable bonds is 2. The Bertz CT molecular complexity index is 556. The molecule has 0 amide bonds. The molecule has 5 heteroatoms. The molecule has 0 aromatic heterocycles. The van der Waals surface area contributed by atoms with Crippen molar-refractivity contribution in [3.8, 4) is 5.75 Å². The number of sulfone groups is 1. The van der Waals surface area contributed by atoms with E-state index in [1.54, 1.807) is 0 Å². The Morgan fingerprint density at radius 3 is 2.75 bits per heavy atom. The minimum Gasteiger partial charge on any atom is -0.493 e. The van der Waals surface area contributed by atoms with Gasteiger partial charge in [-0.25, -0.2) is 8.42 Å². The molecule has 0 radical (unpaired) electrons. The Hall–Kier alpha value is -1.07. The van der Waals surface area contributed by atoms with Gasteiger partial charge >= 0.3 is 0 Å². The van der Waals surface area contributed by atoms with Gasteiger partial charge in [-0.2, -0.15) is 0 Å². The number of hydrogen-bond acceptors (Lipinski definition) is 4. The molecule has 1 unspecified atom stereocenters. The van der Waals surface area contributed by atoms with Gasteiger partial charge in [-0.1, -0.05) is 18.2 Å². The Kier molecular flexibility index (Phi) is 3.98. The minimum atomic E-state index is -2.78. The lowest BCUT2D eigenvalue weighted by molar-refractivity contribution is 0.221. The van der Waals surface area contributed by atoms with Gasteiger partial charge in [0.25, 0.3) is 0 Å². The standard InChI is InChI=1S/C15H21NO3S/c17-20(18)9-6-16(7-10-20)12-13-5-8-19-15-4-2-1-3-14(15)11-13/h1-4,13H,5-12H2. The first-order valence-electron chi connectivity index (χ1n) is 7.26. The zero-order valence-electron chi connectivity index (χ0n) is 11.6. The highest BCUT2D eigenvalue weighted by atomic mass is 32.2. The van der Waals surface area contributed by atoms with E-state index in [9.17, 15) is 8.42 Å². The molecule has 2 aliphatic rings. The third-order valence-corrected chi connectivity index (χ3v) is 5.83. The van der Waals surface area contributed by atoms with Crippen LogP contribution in [0.3, 0.4) is 0 Å². The fourth-order valence-electron chi connectivity index (χ4n) is 3.02. The van der Waals surface area contributed by atoms with Crippen LogP contribution in [0.1, 0.15) is 12.0 Å². The highest BCUT2D eigenvalue weighted by Gasteiger charge is 2.25. The van der Waals surface area contributed by atoms with Crippen molar-refractivity contribution in [3.63, 3.8) is 0 Å². The predicted molar refractivity (Wildman–Crippen MR) is 78.8 cm³/mol. The molecule has 1 aromatic rings. The third kappa shape index (κ3) is 3.33. The molecule has 3 rings (SSSR count). The van der Waals surface area contributed by atoms with Gasteiger partial charge in [0, 0.05) is 19.6 Å². The van der Waals surface area contributed by atoms with Gasteiger partial charge in [-0.15, -0.1) is 0 Å². The Labute approximate surface area is 120 Å². The lowest BCUT2D eigenvalue weighted by atomic mass is 9.96. The van der Waals surface area contributed by atoms with Crippen molar-refractivity contribution in [2.24, 2.45) is 5.92 Å². The molecule has 110 valence electrons. The summed E-state index contributed by atoms with van der Waals surface area (Å²) in [6.07, 6.45) is 2.07. The van der Waals surface area contributed by atoms with Crippen LogP contribution in [0, 0.1) is 5.92 Å². The zero-order chi connectivity index (χ0) is 14.0. The van der Waals surface area contributed by atoms with Crippen molar-refractivity contribution in [1.82, 2.24) is 4.90 Å². The second-order valence-corrected chi connectivity index (χ2v) is 8.07. The Morgan fingerprint density at radius 1 is 1.20 bits per heavy atom. The number of para-hydroxylation sites is 1. The van der Waals surface area contributed by atoms with E-state index in [0.29, 0.717) is 30.5 Å². The first-order chi connectivity index (χ1) is 9.62. The van der Waals surface area contributed by atoms with Gasteiger partial charge < -0.3 is 9.64 Å². The van der Waals surface area contributed by atoms with Crippen molar-refractivity contribution in [2.75, 3.05) is 37.7 Å². The van der Waals surface area contributed by atoms with Crippen molar-refractivity contribution in [2.45, 2.75) is 12.8 Å². The van der Waals surface area contributed by atoms with Crippen LogP contribution in [0.2, 0.25) is 0 Å². The van der Waals surface area contributed by atoms with E-state index in [2.05, 4.69) is 17.0 Å². The summed E-state index contributed by atoms with van der Waals surface area (Å²) in [7, 11) is -2.78. The maximum Gasteiger partial charge on any atom is 0.152 e. The van der Waals surface area contributed by atoms with E-state index in [1.807, 2.05) is 12.1 Å². The van der Waals surface area contributed by atoms with E-state index in [4.69, 9.17) is 4.74 Å². The highest BCUT2D eigenvalue weighted by Crippen LogP contribution is 2.27. The highest BCUT2D eigenvalue weighted by molar-refractivity contribution is 7.91. The van der Waals surface area contributed by atoms with E-state index in [-0.39, 0.29) is 0 Å². The Balaban J connectivity index is 1.61. The fourth-order valence-corrected chi connectivity index (χ4v) is 4.29. The number of hydrogen-bond donors (Lipinski definition) is 0. The summed E-state index contributed by atoms with van der Waals surface area (Å²) >= 11 is 0. The van der Waals surface area contributed by atoms with Gasteiger partial charge in [0.1, 0.15) is 5.75 Å². The quantitative estimate of drug-likeness (QED) is 0.826. The van der Waals surface area contributed by atoms with Crippen LogP contribution in [-0.2, 0) is 16.3 Å². The normalized spacial score (nSPS) is 26.3. The first kappa shape index (κ1) is 13.9. The van der Waals surface area contributed by atoms with Crippen LogP contribution >= 0.6 is 0 Å². The molecule has 1 atom stereocenters. The summed E-state index contributed by atoms with van der Waals surface area (Å²) in [4.78, 5) is 2.29. The molecular formula is C15H21NO3S. The average molecular weight is 295 g/mol. The summed E-state index contributed by atoms with van der Waals surface area (Å²) in [5.74, 6) is 2.19. The minimum absolute atomic E-state index is 0.312. The number of nitrogens with zero attached hydrogens (tertiary/aromatic N) is 1. The van der Waals surface area contributed by atoms with Crippen molar-refractivity contribution in [1.29, 1.82) is 0 Å². The molecule has 0 saturated carbocycles. The van der Waals surface area contributed by atoms with Gasteiger partial charge in [0.15, 0.2) is 9.84 Å². The molecule has 20 heavy (non-hydrogen) atoms. The average Bonchev–Trinajstić information content (AvgIpc) is 2.63. The van der Waals surface area contributed by atoms with Crippen molar-refractivity contribution < 1.29 is 13.2 Å². The topological polar surface area (TPSA) is 46.6 Å². The smallest absolute Gasteiger partial charge is 0.152 e. The molecule has 0 spiro atoms. The van der Waals surface area contributed by atoms with E-state index in [1.165, 1.54) is 5.56 Å². The van der Waals surface area contributed by atoms with Crippen LogP contribution in [0.25, 0.3) is 0 Å². The lowest BCUT2D eigenvalue weighted by Crippen LogP contribution is -2.42. The molecule has 4 nitrogen and oxygen atoms in total. The van der Waals surface area contributed by atoms with Crippen molar-refractivity contribution in [3.05, 3.63) is 29.8 Å². The fraction of sp³-hybridized carbons (Fsp3) is 0.600. The van der Waals surface area contributed by atoms with E-state index >= 15 is 0 Å². The molecule has 0 N–H and O–H groups in total. The maximum absolute atomic E-state index is 11.5. The van der Waals surface area contributed by atoms with Gasteiger partial charge in [0.2, 0.25) is 0 Å². The van der Waals surface area contributed by atoms with Crippen LogP contribution < -0.4 is 4.74 Å². The van der Waals surface area contributed by atoms with Crippen LogP contribution in [0.4, 0.5) is 0 Å². The molecular weight excluding hydrogens is 274 g/mol. The zero-order valence-corrected chi connectivity index (χ0v) is 12.4. The van der Waals surface area contributed by atoms with Crippen LogP contribution in [0.5, 0.6) is 5.75 Å². The second kappa shape index (κ2) is 5.74. The third-order valence-electron chi connectivity index (χ3n) is 4.22. The SMILES string of the molecule is O=S1(=O)CCN(CC2CCOc3ccccc3C2)CC1. The lowest BCUT2D eigenvalue weighted by Gasteiger charge is -2.29. The van der Waals surface area contributed by atoms with E-state index in [0.717, 1.165) is 31.7 Å². The number of fused-ring (bicyclic) bond motifs is 1. The summed E-state index contributed by atoms with van der Waals surface area (Å²) in [6.45, 7) is 3.10. The van der Waals surface area contributed by atoms with Gasteiger partial charge in [0.05, 0.1) is 18.1 Å². The maximum atomic E-state index is 11.5. The first-order valence-corrected chi connectivity index (χ1v) is 9.08. The summed E-state index contributed by atoms with van der Waals surface area (Å²) in [5, 5.41) is 0. The monoisotopic (exact) mass is 295 g/mol. The van der Waals surface area contributed by atoms with Gasteiger partial charge in [-0.3, -0.25) is 0 Å². The molecule has 1 saturated heterocycles. The number of benzene rings is 1. The van der Waals surface area contributed by atoms with Gasteiger partial charge in [-0.05, 0) is 30.4 Å². The largest absolute Gasteiger partial charge is 0.493 e. The molecule has 1 fully saturated rings. The summed E-state index contributed by atoms with van der Waals surface area (Å²) < 4.78 is 28.7. The summed E-state index contributed by atoms with van der Waals surface area (Å²) in [5.41, 5.74) is 1.28. The molecule has 0 aliphatic carbocycles. The van der Waals surface area contributed by atoms with Crippen LogP contribution in [-0.4, -0.2) is 51.1 Å². The molecule has 2 heterocycles. The molecule has 2 aliphatic heterocycles. The van der Waals surface area contributed by atoms with Crippen molar-refractivity contribution >= 4 is 9.84 Å². The number of ether oxygens (including phenoxy) is 1. The summed E-state index contributed by atoms with van der Waals surface area (Å²) in [6, 6.07) is 8.23. The predicted octanol–water partition coefficient (Wildman–Crippen LogP) is 1.36. The second-order valence-electron chi connectivity index (χ2n) is 5.77. The molecule has 0 bridgehead atoms. The van der Waals surface area contributed by atoms with Crippen LogP contribution in [0.15, 0.2) is 24.3 Å². The van der Waals surface area contributed by atoms with E-state index < -0.39 is 9.84 Å².